The van der Waals surface area contributed by atoms with Crippen molar-refractivity contribution in [3.63, 3.8) is 0 Å². The van der Waals surface area contributed by atoms with Gasteiger partial charge in [0.05, 0.1) is 13.7 Å². The predicted octanol–water partition coefficient (Wildman–Crippen LogP) is 4.90. The summed E-state index contributed by atoms with van der Waals surface area (Å²) in [5.41, 5.74) is 1.67. The molecule has 0 spiro atoms. The predicted molar refractivity (Wildman–Crippen MR) is 108 cm³/mol. The zero-order valence-electron chi connectivity index (χ0n) is 14.5. The Morgan fingerprint density at radius 1 is 1.15 bits per heavy atom. The van der Waals surface area contributed by atoms with E-state index in [2.05, 4.69) is 10.4 Å². The molecule has 0 aliphatic rings. The summed E-state index contributed by atoms with van der Waals surface area (Å²) in [5.74, 6) is 0.940. The van der Waals surface area contributed by atoms with Gasteiger partial charge in [0.1, 0.15) is 5.75 Å². The van der Waals surface area contributed by atoms with E-state index >= 15 is 0 Å². The van der Waals surface area contributed by atoms with Gasteiger partial charge in [-0.3, -0.25) is 9.48 Å². The molecule has 1 N–H and O–H groups in total. The Bertz CT molecular complexity index is 945. The van der Waals surface area contributed by atoms with Crippen molar-refractivity contribution in [2.24, 2.45) is 0 Å². The Labute approximate surface area is 167 Å². The zero-order chi connectivity index (χ0) is 19.2. The number of carbonyl (C=O) groups is 1. The number of nitrogens with zero attached hydrogens (tertiary/aromatic N) is 2. The first kappa shape index (κ1) is 19.0. The Balaban J connectivity index is 1.61. The smallest absolute Gasteiger partial charge is 0.249 e. The van der Waals surface area contributed by atoms with Crippen LogP contribution in [0.15, 0.2) is 60.8 Å². The molecular formula is C20H17Cl2N3O2. The fourth-order valence-corrected chi connectivity index (χ4v) is 2.93. The highest BCUT2D eigenvalue weighted by molar-refractivity contribution is 6.35. The molecule has 1 amide bonds. The number of ether oxygens (including phenoxy) is 1. The number of amides is 1. The number of carbonyl (C=O) groups excluding carboxylic acids is 1. The number of benzene rings is 2. The lowest BCUT2D eigenvalue weighted by atomic mass is 10.2. The molecule has 0 bridgehead atoms. The molecule has 7 heteroatoms. The molecule has 0 saturated heterocycles. The van der Waals surface area contributed by atoms with Crippen molar-refractivity contribution >= 4 is 41.0 Å². The third-order valence-electron chi connectivity index (χ3n) is 3.82. The first-order chi connectivity index (χ1) is 13.0. The van der Waals surface area contributed by atoms with E-state index in [-0.39, 0.29) is 5.91 Å². The lowest BCUT2D eigenvalue weighted by Crippen LogP contribution is -2.09. The van der Waals surface area contributed by atoms with Crippen LogP contribution in [0, 0.1) is 0 Å². The third kappa shape index (κ3) is 5.12. The van der Waals surface area contributed by atoms with Gasteiger partial charge in [-0.1, -0.05) is 41.4 Å². The molecule has 1 aromatic heterocycles. The molecule has 0 atom stereocenters. The monoisotopic (exact) mass is 401 g/mol. The normalized spacial score (nSPS) is 10.9. The fourth-order valence-electron chi connectivity index (χ4n) is 2.42. The van der Waals surface area contributed by atoms with Gasteiger partial charge in [0.25, 0.3) is 0 Å². The molecule has 27 heavy (non-hydrogen) atoms. The highest BCUT2D eigenvalue weighted by atomic mass is 35.5. The number of hydrogen-bond donors (Lipinski definition) is 1. The second kappa shape index (κ2) is 8.75. The van der Waals surface area contributed by atoms with E-state index in [1.54, 1.807) is 48.3 Å². The average molecular weight is 402 g/mol. The lowest BCUT2D eigenvalue weighted by molar-refractivity contribution is -0.111. The minimum absolute atomic E-state index is 0.271. The Kier molecular flexibility index (Phi) is 6.16. The minimum Gasteiger partial charge on any atom is -0.497 e. The summed E-state index contributed by atoms with van der Waals surface area (Å²) >= 11 is 12.4. The molecule has 0 aliphatic heterocycles. The summed E-state index contributed by atoms with van der Waals surface area (Å²) in [6.45, 7) is 0.413. The molecule has 5 nitrogen and oxygen atoms in total. The molecular weight excluding hydrogens is 385 g/mol. The summed E-state index contributed by atoms with van der Waals surface area (Å²) in [6, 6.07) is 14.5. The largest absolute Gasteiger partial charge is 0.497 e. The SMILES string of the molecule is COc1ccc(/C=C/C(=O)Nc2ccn(Cc3c(Cl)cccc3Cl)n2)cc1. The van der Waals surface area contributed by atoms with Gasteiger partial charge in [0, 0.05) is 33.9 Å². The van der Waals surface area contributed by atoms with Crippen LogP contribution in [0.25, 0.3) is 6.08 Å². The van der Waals surface area contributed by atoms with Gasteiger partial charge in [-0.15, -0.1) is 0 Å². The van der Waals surface area contributed by atoms with Crippen LogP contribution in [0.5, 0.6) is 5.75 Å². The average Bonchev–Trinajstić information content (AvgIpc) is 3.10. The van der Waals surface area contributed by atoms with Gasteiger partial charge in [-0.05, 0) is 35.9 Å². The second-order valence-electron chi connectivity index (χ2n) is 5.69. The number of methoxy groups -OCH3 is 1. The maximum Gasteiger partial charge on any atom is 0.249 e. The standard InChI is InChI=1S/C20H17Cl2N3O2/c1-27-15-8-5-14(6-9-15)7-10-20(26)23-19-11-12-25(24-19)13-16-17(21)3-2-4-18(16)22/h2-12H,13H2,1H3,(H,23,24,26)/b10-7+. The fraction of sp³-hybridized carbons (Fsp3) is 0.100. The second-order valence-corrected chi connectivity index (χ2v) is 6.51. The summed E-state index contributed by atoms with van der Waals surface area (Å²) < 4.78 is 6.77. The number of hydrogen-bond acceptors (Lipinski definition) is 3. The molecule has 1 heterocycles. The molecule has 0 saturated carbocycles. The number of rotatable bonds is 6. The van der Waals surface area contributed by atoms with E-state index in [1.807, 2.05) is 24.3 Å². The van der Waals surface area contributed by atoms with E-state index in [9.17, 15) is 4.79 Å². The van der Waals surface area contributed by atoms with Crippen molar-refractivity contribution in [1.29, 1.82) is 0 Å². The lowest BCUT2D eigenvalue weighted by Gasteiger charge is -2.06. The highest BCUT2D eigenvalue weighted by Crippen LogP contribution is 2.25. The molecule has 0 aliphatic carbocycles. The van der Waals surface area contributed by atoms with Crippen molar-refractivity contribution < 1.29 is 9.53 Å². The van der Waals surface area contributed by atoms with Crippen molar-refractivity contribution in [2.45, 2.75) is 6.54 Å². The Morgan fingerprint density at radius 2 is 1.85 bits per heavy atom. The van der Waals surface area contributed by atoms with Crippen LogP contribution in [-0.4, -0.2) is 22.8 Å². The van der Waals surface area contributed by atoms with E-state index in [4.69, 9.17) is 27.9 Å². The van der Waals surface area contributed by atoms with Crippen LogP contribution in [0.2, 0.25) is 10.0 Å². The first-order valence-electron chi connectivity index (χ1n) is 8.14. The van der Waals surface area contributed by atoms with Crippen LogP contribution < -0.4 is 10.1 Å². The number of aromatic nitrogens is 2. The zero-order valence-corrected chi connectivity index (χ0v) is 16.0. The van der Waals surface area contributed by atoms with Gasteiger partial charge in [-0.2, -0.15) is 5.10 Å². The molecule has 3 rings (SSSR count). The van der Waals surface area contributed by atoms with Crippen molar-refractivity contribution in [2.75, 3.05) is 12.4 Å². The summed E-state index contributed by atoms with van der Waals surface area (Å²) in [7, 11) is 1.61. The van der Waals surface area contributed by atoms with Gasteiger partial charge >= 0.3 is 0 Å². The van der Waals surface area contributed by atoms with Gasteiger partial charge in [0.15, 0.2) is 5.82 Å². The number of anilines is 1. The van der Waals surface area contributed by atoms with Crippen molar-refractivity contribution in [3.05, 3.63) is 82.0 Å². The maximum atomic E-state index is 12.1. The van der Waals surface area contributed by atoms with Crippen LogP contribution in [-0.2, 0) is 11.3 Å². The Morgan fingerprint density at radius 3 is 2.52 bits per heavy atom. The molecule has 138 valence electrons. The third-order valence-corrected chi connectivity index (χ3v) is 4.52. The number of nitrogens with one attached hydrogen (secondary N) is 1. The topological polar surface area (TPSA) is 56.1 Å². The molecule has 2 aromatic carbocycles. The first-order valence-corrected chi connectivity index (χ1v) is 8.90. The van der Waals surface area contributed by atoms with Crippen LogP contribution in [0.4, 0.5) is 5.82 Å². The minimum atomic E-state index is -0.271. The summed E-state index contributed by atoms with van der Waals surface area (Å²) in [5, 5.41) is 8.19. The highest BCUT2D eigenvalue weighted by Gasteiger charge is 2.08. The van der Waals surface area contributed by atoms with E-state index in [0.717, 1.165) is 16.9 Å². The van der Waals surface area contributed by atoms with Gasteiger partial charge < -0.3 is 10.1 Å². The van der Waals surface area contributed by atoms with Gasteiger partial charge in [0.2, 0.25) is 5.91 Å². The summed E-state index contributed by atoms with van der Waals surface area (Å²) in [4.78, 5) is 12.1. The number of halogens is 2. The van der Waals surface area contributed by atoms with Crippen LogP contribution in [0.3, 0.4) is 0 Å². The Hall–Kier alpha value is -2.76. The van der Waals surface area contributed by atoms with Crippen LogP contribution in [0.1, 0.15) is 11.1 Å². The summed E-state index contributed by atoms with van der Waals surface area (Å²) in [6.07, 6.45) is 4.92. The van der Waals surface area contributed by atoms with E-state index < -0.39 is 0 Å². The van der Waals surface area contributed by atoms with E-state index in [0.29, 0.717) is 22.4 Å². The quantitative estimate of drug-likeness (QED) is 0.597. The molecule has 0 radical (unpaired) electrons. The molecule has 0 fully saturated rings. The van der Waals surface area contributed by atoms with E-state index in [1.165, 1.54) is 6.08 Å². The van der Waals surface area contributed by atoms with Crippen LogP contribution >= 0.6 is 23.2 Å². The maximum absolute atomic E-state index is 12.1. The van der Waals surface area contributed by atoms with Gasteiger partial charge in [-0.25, -0.2) is 0 Å². The molecule has 0 unspecified atom stereocenters. The van der Waals surface area contributed by atoms with Crippen molar-refractivity contribution in [3.8, 4) is 5.75 Å². The molecule has 3 aromatic rings. The van der Waals surface area contributed by atoms with Crippen molar-refractivity contribution in [1.82, 2.24) is 9.78 Å².